The largest absolute Gasteiger partial charge is 0.498 e. The van der Waals surface area contributed by atoms with Gasteiger partial charge in [-0.15, -0.1) is 5.10 Å². The average Bonchev–Trinajstić information content (AvgIpc) is 3.45. The van der Waals surface area contributed by atoms with Gasteiger partial charge < -0.3 is 30.2 Å². The van der Waals surface area contributed by atoms with E-state index in [1.807, 2.05) is 83.2 Å². The van der Waals surface area contributed by atoms with Crippen LogP contribution in [0.3, 0.4) is 0 Å². The Morgan fingerprint density at radius 2 is 1.92 bits per heavy atom. The van der Waals surface area contributed by atoms with E-state index in [1.165, 1.54) is 6.08 Å². The second-order valence-electron chi connectivity index (χ2n) is 11.5. The van der Waals surface area contributed by atoms with Crippen molar-refractivity contribution in [1.82, 2.24) is 10.9 Å². The highest BCUT2D eigenvalue weighted by atomic mass is 19.1. The number of nitrogens with zero attached hydrogens (tertiary/aromatic N) is 2. The first-order valence-corrected chi connectivity index (χ1v) is 17.1. The van der Waals surface area contributed by atoms with Crippen LogP contribution in [0, 0.1) is 5.92 Å². The van der Waals surface area contributed by atoms with E-state index in [9.17, 15) is 9.18 Å². The quantitative estimate of drug-likeness (QED) is 0.0330. The molecule has 6 N–H and O–H groups in total. The van der Waals surface area contributed by atoms with E-state index in [0.717, 1.165) is 60.5 Å². The van der Waals surface area contributed by atoms with Crippen LogP contribution in [0.15, 0.2) is 88.6 Å². The number of nitrogens with one attached hydrogen (secondary N) is 2. The van der Waals surface area contributed by atoms with E-state index in [-0.39, 0.29) is 29.9 Å². The van der Waals surface area contributed by atoms with Crippen LogP contribution in [0.25, 0.3) is 0 Å². The molecule has 0 aromatic heterocycles. The van der Waals surface area contributed by atoms with Gasteiger partial charge in [-0.2, -0.15) is 0 Å². The molecule has 0 amide bonds. The predicted molar refractivity (Wildman–Crippen MR) is 194 cm³/mol. The van der Waals surface area contributed by atoms with Crippen LogP contribution in [0.2, 0.25) is 0 Å². The number of halogens is 1. The van der Waals surface area contributed by atoms with Gasteiger partial charge in [0.2, 0.25) is 0 Å². The Balaban J connectivity index is 0.000000319. The smallest absolute Gasteiger partial charge is 0.326 e. The number of esters is 1. The van der Waals surface area contributed by atoms with Crippen LogP contribution < -0.4 is 27.3 Å². The number of allylic oxidation sites excluding steroid dienone is 8. The number of hydrogen-bond donors (Lipinski definition) is 4. The van der Waals surface area contributed by atoms with Crippen LogP contribution in [0.5, 0.6) is 0 Å². The van der Waals surface area contributed by atoms with Gasteiger partial charge in [0.05, 0.1) is 19.8 Å². The number of nitrogens with two attached hydrogens (primary N) is 2. The second-order valence-corrected chi connectivity index (χ2v) is 11.5. The Morgan fingerprint density at radius 1 is 1.17 bits per heavy atom. The molecular weight excluding hydrogens is 611 g/mol. The molecule has 2 aliphatic heterocycles. The second kappa shape index (κ2) is 21.8. The number of hydrazine groups is 1. The van der Waals surface area contributed by atoms with Crippen LogP contribution >= 0.6 is 0 Å². The number of morpholine rings is 1. The standard InChI is InChI=1S/C19H27FO2.C16H24N6O2.C2H6/c1-5-21-13-12-15(3)14-19(22-6-2)16(4)17-8-7-9-18(20)11-10-17;17-15(20-21-18)12-2-4-13(5-3-12)22-10-14(23)24-16(11-22)6-1-8-19-9-7-16;1-2/h8-12,14,16H,5-7,13H2,1-4H3;2-5,19,21H,1,6-11,18H2,(H2,17,20);1-2H3/b15-12-,19-14+;;. The Kier molecular flexibility index (Phi) is 18.3. The van der Waals surface area contributed by atoms with Crippen molar-refractivity contribution < 1.29 is 23.4 Å². The highest BCUT2D eigenvalue weighted by molar-refractivity contribution is 5.97. The topological polar surface area (TPSA) is 136 Å². The predicted octanol–water partition coefficient (Wildman–Crippen LogP) is 5.94. The maximum Gasteiger partial charge on any atom is 0.326 e. The molecule has 3 aliphatic rings. The van der Waals surface area contributed by atoms with Crippen molar-refractivity contribution in [2.45, 2.75) is 72.8 Å². The lowest BCUT2D eigenvalue weighted by molar-refractivity contribution is -0.163. The third kappa shape index (κ3) is 13.3. The third-order valence-corrected chi connectivity index (χ3v) is 8.02. The molecule has 2 saturated heterocycles. The first kappa shape index (κ1) is 40.2. The zero-order valence-corrected chi connectivity index (χ0v) is 29.7. The first-order chi connectivity index (χ1) is 23.2. The molecule has 0 saturated carbocycles. The molecule has 2 atom stereocenters. The molecule has 1 spiro atoms. The van der Waals surface area contributed by atoms with Crippen molar-refractivity contribution >= 4 is 17.5 Å². The van der Waals surface area contributed by atoms with Crippen molar-refractivity contribution in [2.24, 2.45) is 22.6 Å². The number of benzene rings is 1. The van der Waals surface area contributed by atoms with Gasteiger partial charge in [0, 0.05) is 30.2 Å². The fraction of sp³-hybridized carbons (Fsp3) is 0.514. The van der Waals surface area contributed by atoms with Crippen LogP contribution in [-0.2, 0) is 19.0 Å². The molecule has 0 bridgehead atoms. The number of amidine groups is 1. The SMILES string of the molecule is CC.CCOC/C=C(C)\C=C(\OCC)C(C)C1=CCC=C(F)C=C1.NN/N=C(\N)c1ccc(N2CC(=O)OC3(CCCNCC3)C2)cc1. The molecule has 10 nitrogen and oxygen atoms in total. The van der Waals surface area contributed by atoms with Crippen LogP contribution in [0.1, 0.15) is 72.8 Å². The summed E-state index contributed by atoms with van der Waals surface area (Å²) in [6.07, 6.45) is 14.4. The summed E-state index contributed by atoms with van der Waals surface area (Å²) in [6.45, 7) is 16.8. The number of carbonyl (C=O) groups is 1. The Labute approximate surface area is 286 Å². The number of ether oxygens (including phenoxy) is 3. The van der Waals surface area contributed by atoms with Crippen molar-refractivity contribution in [2.75, 3.05) is 50.9 Å². The lowest BCUT2D eigenvalue weighted by Gasteiger charge is -2.42. The van der Waals surface area contributed by atoms with E-state index < -0.39 is 0 Å². The first-order valence-electron chi connectivity index (χ1n) is 17.1. The van der Waals surface area contributed by atoms with E-state index in [0.29, 0.717) is 38.6 Å². The Hall–Kier alpha value is -3.93. The van der Waals surface area contributed by atoms with Crippen molar-refractivity contribution in [1.29, 1.82) is 0 Å². The molecule has 2 fully saturated rings. The number of hydrazone groups is 1. The summed E-state index contributed by atoms with van der Waals surface area (Å²) >= 11 is 0. The summed E-state index contributed by atoms with van der Waals surface area (Å²) in [5.74, 6) is 6.08. The minimum atomic E-state index is -0.387. The van der Waals surface area contributed by atoms with E-state index >= 15 is 0 Å². The Morgan fingerprint density at radius 3 is 2.60 bits per heavy atom. The zero-order chi connectivity index (χ0) is 35.4. The summed E-state index contributed by atoms with van der Waals surface area (Å²) in [4.78, 5) is 14.2. The van der Waals surface area contributed by atoms with E-state index in [1.54, 1.807) is 6.08 Å². The fourth-order valence-corrected chi connectivity index (χ4v) is 5.54. The summed E-state index contributed by atoms with van der Waals surface area (Å²) in [7, 11) is 0. The molecule has 1 aromatic rings. The van der Waals surface area contributed by atoms with Crippen LogP contribution in [0.4, 0.5) is 10.1 Å². The minimum Gasteiger partial charge on any atom is -0.498 e. The zero-order valence-electron chi connectivity index (χ0n) is 29.7. The maximum atomic E-state index is 13.3. The molecule has 1 aliphatic carbocycles. The minimum absolute atomic E-state index is 0.0888. The van der Waals surface area contributed by atoms with Gasteiger partial charge in [-0.3, -0.25) is 4.79 Å². The molecular formula is C37H57FN6O4. The lowest BCUT2D eigenvalue weighted by atomic mass is 9.92. The van der Waals surface area contributed by atoms with Gasteiger partial charge >= 0.3 is 5.97 Å². The highest BCUT2D eigenvalue weighted by Gasteiger charge is 2.41. The van der Waals surface area contributed by atoms with Gasteiger partial charge in [-0.05, 0) is 107 Å². The molecule has 4 rings (SSSR count). The van der Waals surface area contributed by atoms with Gasteiger partial charge in [-0.25, -0.2) is 15.8 Å². The van der Waals surface area contributed by atoms with Crippen molar-refractivity contribution in [3.05, 3.63) is 89.0 Å². The van der Waals surface area contributed by atoms with Crippen molar-refractivity contribution in [3.63, 3.8) is 0 Å². The van der Waals surface area contributed by atoms with Crippen molar-refractivity contribution in [3.8, 4) is 0 Å². The number of rotatable bonds is 11. The van der Waals surface area contributed by atoms with Gasteiger partial charge in [0.25, 0.3) is 0 Å². The molecule has 1 aromatic carbocycles. The van der Waals surface area contributed by atoms with Gasteiger partial charge in [0.1, 0.15) is 23.7 Å². The maximum absolute atomic E-state index is 13.3. The summed E-state index contributed by atoms with van der Waals surface area (Å²) in [6, 6.07) is 7.62. The number of hydrogen-bond acceptors (Lipinski definition) is 9. The van der Waals surface area contributed by atoms with E-state index in [2.05, 4.69) is 27.8 Å². The molecule has 2 unspecified atom stereocenters. The number of anilines is 1. The van der Waals surface area contributed by atoms with Crippen LogP contribution in [-0.4, -0.2) is 63.4 Å². The normalized spacial score (nSPS) is 20.9. The van der Waals surface area contributed by atoms with Gasteiger partial charge in [0.15, 0.2) is 5.84 Å². The molecule has 266 valence electrons. The van der Waals surface area contributed by atoms with Gasteiger partial charge in [-0.1, -0.05) is 39.0 Å². The molecule has 2 heterocycles. The Bertz CT molecular complexity index is 1310. The highest BCUT2D eigenvalue weighted by Crippen LogP contribution is 2.32. The summed E-state index contributed by atoms with van der Waals surface area (Å²) < 4.78 is 30.2. The monoisotopic (exact) mass is 668 g/mol. The molecule has 48 heavy (non-hydrogen) atoms. The number of carbonyl (C=O) groups excluding carboxylic acids is 1. The third-order valence-electron chi connectivity index (χ3n) is 8.02. The average molecular weight is 669 g/mol. The summed E-state index contributed by atoms with van der Waals surface area (Å²) in [5.41, 5.74) is 11.5. The lowest BCUT2D eigenvalue weighted by Crippen LogP contribution is -2.54. The molecule has 0 radical (unpaired) electrons. The fourth-order valence-electron chi connectivity index (χ4n) is 5.54. The van der Waals surface area contributed by atoms with E-state index in [4.69, 9.17) is 25.8 Å². The molecule has 11 heteroatoms. The summed E-state index contributed by atoms with van der Waals surface area (Å²) in [5, 5.41) is 7.12.